The number of nitrogens with two attached hydrogens (primary N) is 1. The molecule has 2 aromatic rings. The summed E-state index contributed by atoms with van der Waals surface area (Å²) in [5, 5.41) is 5.55. The number of rotatable bonds is 8. The van der Waals surface area contributed by atoms with Gasteiger partial charge in [-0.1, -0.05) is 30.3 Å². The Balaban J connectivity index is 2.10. The van der Waals surface area contributed by atoms with Crippen molar-refractivity contribution < 1.29 is 23.5 Å². The molecule has 0 radical (unpaired) electrons. The molecule has 1 aromatic carbocycles. The van der Waals surface area contributed by atoms with Crippen LogP contribution in [0.2, 0.25) is 0 Å². The van der Waals surface area contributed by atoms with Crippen molar-refractivity contribution in [3.05, 3.63) is 52.8 Å². The van der Waals surface area contributed by atoms with E-state index in [-0.39, 0.29) is 42.0 Å². The number of benzene rings is 1. The average Bonchev–Trinajstić information content (AvgIpc) is 2.96. The number of hydrogen-bond acceptors (Lipinski definition) is 6. The second-order valence-electron chi connectivity index (χ2n) is 5.88. The molecule has 2 rings (SSSR count). The average molecular weight is 373 g/mol. The van der Waals surface area contributed by atoms with E-state index in [2.05, 4.69) is 10.6 Å². The largest absolute Gasteiger partial charge is 0.462 e. The summed E-state index contributed by atoms with van der Waals surface area (Å²) in [6.45, 7) is 5.16. The van der Waals surface area contributed by atoms with Gasteiger partial charge in [0.15, 0.2) is 0 Å². The molecule has 0 aliphatic heterocycles. The maximum Gasteiger partial charge on any atom is 0.342 e. The van der Waals surface area contributed by atoms with Crippen LogP contribution in [0.25, 0.3) is 0 Å². The molecule has 1 heterocycles. The summed E-state index contributed by atoms with van der Waals surface area (Å²) in [5.41, 5.74) is 6.12. The van der Waals surface area contributed by atoms with Crippen LogP contribution in [0.1, 0.15) is 51.9 Å². The highest BCUT2D eigenvalue weighted by atomic mass is 16.5. The molecule has 2 amide bonds. The van der Waals surface area contributed by atoms with Crippen molar-refractivity contribution >= 4 is 23.7 Å². The summed E-state index contributed by atoms with van der Waals surface area (Å²) in [4.78, 5) is 36.1. The molecule has 27 heavy (non-hydrogen) atoms. The number of carbonyl (C=O) groups is 3. The third kappa shape index (κ3) is 4.95. The molecular weight excluding hydrogens is 350 g/mol. The minimum Gasteiger partial charge on any atom is -0.462 e. The van der Waals surface area contributed by atoms with E-state index >= 15 is 0 Å². The first-order valence-electron chi connectivity index (χ1n) is 8.53. The van der Waals surface area contributed by atoms with Crippen molar-refractivity contribution in [2.24, 2.45) is 5.73 Å². The molecule has 0 aliphatic carbocycles. The summed E-state index contributed by atoms with van der Waals surface area (Å²) in [6.07, 6.45) is 0. The van der Waals surface area contributed by atoms with E-state index in [0.717, 1.165) is 5.56 Å². The van der Waals surface area contributed by atoms with E-state index in [1.54, 1.807) is 6.92 Å². The van der Waals surface area contributed by atoms with Crippen molar-refractivity contribution in [3.8, 4) is 0 Å². The Labute approximate surface area is 157 Å². The van der Waals surface area contributed by atoms with Crippen LogP contribution in [0, 0.1) is 6.92 Å². The fourth-order valence-electron chi connectivity index (χ4n) is 2.59. The monoisotopic (exact) mass is 373 g/mol. The smallest absolute Gasteiger partial charge is 0.342 e. The van der Waals surface area contributed by atoms with Crippen molar-refractivity contribution in [2.75, 3.05) is 18.5 Å². The number of primary amides is 1. The zero-order valence-corrected chi connectivity index (χ0v) is 15.5. The Kier molecular flexibility index (Phi) is 6.73. The first-order chi connectivity index (χ1) is 12.8. The van der Waals surface area contributed by atoms with E-state index in [1.165, 1.54) is 6.92 Å². The number of hydrogen-bond donors (Lipinski definition) is 3. The second-order valence-corrected chi connectivity index (χ2v) is 5.88. The molecule has 8 nitrogen and oxygen atoms in total. The van der Waals surface area contributed by atoms with Gasteiger partial charge in [0.2, 0.25) is 11.8 Å². The Morgan fingerprint density at radius 2 is 1.85 bits per heavy atom. The highest BCUT2D eigenvalue weighted by Gasteiger charge is 2.29. The van der Waals surface area contributed by atoms with Gasteiger partial charge in [-0.25, -0.2) is 4.79 Å². The van der Waals surface area contributed by atoms with Gasteiger partial charge in [0, 0.05) is 6.04 Å². The van der Waals surface area contributed by atoms with Crippen LogP contribution in [-0.2, 0) is 9.53 Å². The van der Waals surface area contributed by atoms with Crippen molar-refractivity contribution in [1.29, 1.82) is 0 Å². The number of aryl methyl sites for hydroxylation is 1. The maximum atomic E-state index is 12.2. The third-order valence-electron chi connectivity index (χ3n) is 3.93. The number of furan rings is 1. The molecule has 4 N–H and O–H groups in total. The molecule has 0 spiro atoms. The van der Waals surface area contributed by atoms with Crippen LogP contribution in [-0.4, -0.2) is 30.9 Å². The van der Waals surface area contributed by atoms with Gasteiger partial charge >= 0.3 is 5.97 Å². The lowest BCUT2D eigenvalue weighted by molar-refractivity contribution is -0.115. The predicted octanol–water partition coefficient (Wildman–Crippen LogP) is 2.15. The summed E-state index contributed by atoms with van der Waals surface area (Å²) in [6, 6.07) is 9.57. The normalized spacial score (nSPS) is 11.7. The lowest BCUT2D eigenvalue weighted by Gasteiger charge is -2.13. The van der Waals surface area contributed by atoms with Gasteiger partial charge in [0.05, 0.1) is 13.2 Å². The molecule has 0 aliphatic rings. The van der Waals surface area contributed by atoms with Crippen LogP contribution in [0.4, 0.5) is 5.88 Å². The highest BCUT2D eigenvalue weighted by molar-refractivity contribution is 6.10. The summed E-state index contributed by atoms with van der Waals surface area (Å²) in [7, 11) is 0. The van der Waals surface area contributed by atoms with Gasteiger partial charge in [-0.3, -0.25) is 14.9 Å². The quantitative estimate of drug-likeness (QED) is 0.609. The van der Waals surface area contributed by atoms with Crippen LogP contribution >= 0.6 is 0 Å². The molecule has 0 saturated carbocycles. The van der Waals surface area contributed by atoms with Crippen molar-refractivity contribution in [2.45, 2.75) is 26.8 Å². The Morgan fingerprint density at radius 1 is 1.19 bits per heavy atom. The fourth-order valence-corrected chi connectivity index (χ4v) is 2.59. The van der Waals surface area contributed by atoms with Gasteiger partial charge < -0.3 is 20.2 Å². The molecule has 0 fully saturated rings. The van der Waals surface area contributed by atoms with Crippen LogP contribution in [0.15, 0.2) is 34.7 Å². The van der Waals surface area contributed by atoms with Crippen LogP contribution in [0.5, 0.6) is 0 Å². The Hall–Kier alpha value is -3.13. The van der Waals surface area contributed by atoms with Gasteiger partial charge in [-0.2, -0.15) is 0 Å². The predicted molar refractivity (Wildman–Crippen MR) is 99.4 cm³/mol. The third-order valence-corrected chi connectivity index (χ3v) is 3.93. The number of carbonyl (C=O) groups excluding carboxylic acids is 3. The van der Waals surface area contributed by atoms with Crippen LogP contribution < -0.4 is 16.4 Å². The molecule has 1 atom stereocenters. The summed E-state index contributed by atoms with van der Waals surface area (Å²) in [5.74, 6) is -2.09. The number of esters is 1. The van der Waals surface area contributed by atoms with Gasteiger partial charge in [0.25, 0.3) is 5.91 Å². The molecule has 1 aromatic heterocycles. The molecule has 0 saturated heterocycles. The number of ether oxygens (including phenoxy) is 1. The lowest BCUT2D eigenvalue weighted by Crippen LogP contribution is -2.30. The zero-order valence-electron chi connectivity index (χ0n) is 15.5. The van der Waals surface area contributed by atoms with Crippen LogP contribution in [0.3, 0.4) is 0 Å². The Bertz CT molecular complexity index is 829. The highest BCUT2D eigenvalue weighted by Crippen LogP contribution is 2.27. The molecule has 144 valence electrons. The SMILES string of the molecule is CCOC(=O)c1c(C)oc(NC(=O)CN[C@@H](C)c2ccccc2)c1C(N)=O. The van der Waals surface area contributed by atoms with E-state index < -0.39 is 17.8 Å². The molecule has 8 heteroatoms. The molecule has 0 bridgehead atoms. The molecule has 0 unspecified atom stereocenters. The van der Waals surface area contributed by atoms with E-state index in [9.17, 15) is 14.4 Å². The molecular formula is C19H23N3O5. The summed E-state index contributed by atoms with van der Waals surface area (Å²) < 4.78 is 10.3. The van der Waals surface area contributed by atoms with E-state index in [0.29, 0.717) is 0 Å². The standard InChI is InChI=1S/C19H23N3O5/c1-4-26-19(25)15-12(3)27-18(16(15)17(20)24)22-14(23)10-21-11(2)13-8-6-5-7-9-13/h5-9,11,21H,4,10H2,1-3H3,(H2,20,24)(H,22,23)/t11-/m0/s1. The minimum atomic E-state index is -0.893. The first-order valence-corrected chi connectivity index (χ1v) is 8.53. The Morgan fingerprint density at radius 3 is 2.44 bits per heavy atom. The van der Waals surface area contributed by atoms with Gasteiger partial charge in [0.1, 0.15) is 16.9 Å². The number of nitrogens with one attached hydrogen (secondary N) is 2. The zero-order chi connectivity index (χ0) is 20.0. The first kappa shape index (κ1) is 20.2. The van der Waals surface area contributed by atoms with Crippen molar-refractivity contribution in [1.82, 2.24) is 5.32 Å². The minimum absolute atomic E-state index is 0.0250. The number of amides is 2. The van der Waals surface area contributed by atoms with E-state index in [4.69, 9.17) is 14.9 Å². The van der Waals surface area contributed by atoms with Gasteiger partial charge in [-0.05, 0) is 26.3 Å². The van der Waals surface area contributed by atoms with Crippen molar-refractivity contribution in [3.63, 3.8) is 0 Å². The number of anilines is 1. The lowest BCUT2D eigenvalue weighted by atomic mass is 10.1. The van der Waals surface area contributed by atoms with E-state index in [1.807, 2.05) is 37.3 Å². The topological polar surface area (TPSA) is 124 Å². The summed E-state index contributed by atoms with van der Waals surface area (Å²) >= 11 is 0. The maximum absolute atomic E-state index is 12.2. The second kappa shape index (κ2) is 9.00. The fraction of sp³-hybridized carbons (Fsp3) is 0.316. The van der Waals surface area contributed by atoms with Gasteiger partial charge in [-0.15, -0.1) is 0 Å².